The summed E-state index contributed by atoms with van der Waals surface area (Å²) in [7, 11) is 1.68. The second-order valence-electron chi connectivity index (χ2n) is 5.97. The van der Waals surface area contributed by atoms with Gasteiger partial charge in [-0.15, -0.1) is 0 Å². The summed E-state index contributed by atoms with van der Waals surface area (Å²) in [4.78, 5) is 25.1. The van der Waals surface area contributed by atoms with Crippen LogP contribution in [-0.4, -0.2) is 15.3 Å². The Bertz CT molecular complexity index is 1030. The van der Waals surface area contributed by atoms with Gasteiger partial charge in [0.15, 0.2) is 0 Å². The average Bonchev–Trinajstić information content (AvgIpc) is 2.85. The topological polar surface area (TPSA) is 56.0 Å². The van der Waals surface area contributed by atoms with E-state index in [9.17, 15) is 22.8 Å². The molecule has 0 fully saturated rings. The van der Waals surface area contributed by atoms with E-state index < -0.39 is 23.2 Å². The average molecular weight is 375 g/mol. The number of anilines is 1. The van der Waals surface area contributed by atoms with E-state index in [0.29, 0.717) is 11.4 Å². The Hall–Kier alpha value is -3.29. The fourth-order valence-electron chi connectivity index (χ4n) is 2.71. The molecule has 8 heteroatoms. The number of hydrogen-bond donors (Lipinski definition) is 1. The first-order valence-corrected chi connectivity index (χ1v) is 8.03. The lowest BCUT2D eigenvalue weighted by Gasteiger charge is -2.08. The normalized spacial score (nSPS) is 11.4. The maximum absolute atomic E-state index is 12.7. The molecule has 0 aliphatic carbocycles. The van der Waals surface area contributed by atoms with Crippen molar-refractivity contribution in [1.82, 2.24) is 9.36 Å². The number of carbonyl (C=O) groups is 1. The third kappa shape index (κ3) is 3.51. The number of alkyl halides is 3. The molecule has 0 unspecified atom stereocenters. The van der Waals surface area contributed by atoms with E-state index in [1.54, 1.807) is 42.9 Å². The molecular formula is C19H16F3N3O2. The van der Waals surface area contributed by atoms with Gasteiger partial charge in [-0.2, -0.15) is 13.2 Å². The van der Waals surface area contributed by atoms with E-state index in [-0.39, 0.29) is 11.3 Å². The van der Waals surface area contributed by atoms with Gasteiger partial charge in [-0.1, -0.05) is 18.2 Å². The van der Waals surface area contributed by atoms with Gasteiger partial charge < -0.3 is 5.32 Å². The fourth-order valence-corrected chi connectivity index (χ4v) is 2.71. The van der Waals surface area contributed by atoms with Gasteiger partial charge in [0.1, 0.15) is 5.69 Å². The van der Waals surface area contributed by atoms with E-state index in [1.807, 2.05) is 6.07 Å². The summed E-state index contributed by atoms with van der Waals surface area (Å²) in [5, 5.41) is 2.51. The summed E-state index contributed by atoms with van der Waals surface area (Å²) in [6.45, 7) is 1.67. The summed E-state index contributed by atoms with van der Waals surface area (Å²) in [5.74, 6) is -0.658. The number of carbonyl (C=O) groups excluding carboxylic acids is 1. The molecule has 0 aliphatic rings. The number of rotatable bonds is 3. The molecule has 5 nitrogen and oxygen atoms in total. The smallest absolute Gasteiger partial charge is 0.316 e. The molecule has 2 aromatic carbocycles. The van der Waals surface area contributed by atoms with Crippen molar-refractivity contribution >= 4 is 11.6 Å². The third-order valence-corrected chi connectivity index (χ3v) is 4.27. The van der Waals surface area contributed by atoms with Crippen LogP contribution in [0.3, 0.4) is 0 Å². The van der Waals surface area contributed by atoms with Gasteiger partial charge in [-0.25, -0.2) is 4.68 Å². The summed E-state index contributed by atoms with van der Waals surface area (Å²) in [6.07, 6.45) is -4.48. The minimum atomic E-state index is -4.48. The molecule has 140 valence electrons. The van der Waals surface area contributed by atoms with Crippen LogP contribution >= 0.6 is 0 Å². The highest BCUT2D eigenvalue weighted by Crippen LogP contribution is 2.29. The number of halogens is 3. The van der Waals surface area contributed by atoms with Gasteiger partial charge in [0.2, 0.25) is 0 Å². The van der Waals surface area contributed by atoms with Crippen molar-refractivity contribution in [3.05, 3.63) is 81.8 Å². The zero-order valence-corrected chi connectivity index (χ0v) is 14.5. The summed E-state index contributed by atoms with van der Waals surface area (Å²) in [6, 6.07) is 12.7. The molecule has 1 heterocycles. The molecule has 0 spiro atoms. The quantitative estimate of drug-likeness (QED) is 0.758. The number of hydrogen-bond acceptors (Lipinski definition) is 2. The third-order valence-electron chi connectivity index (χ3n) is 4.27. The number of para-hydroxylation sites is 1. The molecule has 0 atom stereocenters. The first-order chi connectivity index (χ1) is 12.7. The Morgan fingerprint density at radius 1 is 1.00 bits per heavy atom. The van der Waals surface area contributed by atoms with Crippen LogP contribution in [0, 0.1) is 6.92 Å². The number of benzene rings is 2. The van der Waals surface area contributed by atoms with Crippen molar-refractivity contribution in [2.45, 2.75) is 13.1 Å². The van der Waals surface area contributed by atoms with E-state index in [4.69, 9.17) is 0 Å². The minimum absolute atomic E-state index is 0.0249. The van der Waals surface area contributed by atoms with Crippen LogP contribution < -0.4 is 10.9 Å². The Morgan fingerprint density at radius 2 is 1.59 bits per heavy atom. The molecule has 0 aliphatic heterocycles. The lowest BCUT2D eigenvalue weighted by molar-refractivity contribution is -0.137. The highest BCUT2D eigenvalue weighted by atomic mass is 19.4. The highest BCUT2D eigenvalue weighted by molar-refractivity contribution is 6.04. The second-order valence-corrected chi connectivity index (χ2v) is 5.97. The first kappa shape index (κ1) is 18.5. The van der Waals surface area contributed by atoms with Gasteiger partial charge in [0, 0.05) is 12.6 Å². The molecular weight excluding hydrogens is 359 g/mol. The van der Waals surface area contributed by atoms with Gasteiger partial charge in [-0.05, 0) is 43.3 Å². The molecule has 3 rings (SSSR count). The standard InChI is InChI=1S/C19H16F3N3O2/c1-12-16(18(27)25(24(12)2)15-6-4-3-5-7-15)23-17(26)13-8-10-14(11-9-13)19(20,21)22/h3-11H,1-2H3,(H,23,26). The van der Waals surface area contributed by atoms with Gasteiger partial charge in [0.05, 0.1) is 16.9 Å². The maximum atomic E-state index is 12.7. The van der Waals surface area contributed by atoms with Crippen molar-refractivity contribution in [3.8, 4) is 5.69 Å². The van der Waals surface area contributed by atoms with Crippen LogP contribution in [0.4, 0.5) is 18.9 Å². The van der Waals surface area contributed by atoms with Crippen molar-refractivity contribution in [1.29, 1.82) is 0 Å². The Kier molecular flexibility index (Phi) is 4.65. The molecule has 1 N–H and O–H groups in total. The van der Waals surface area contributed by atoms with E-state index in [0.717, 1.165) is 24.3 Å². The molecule has 0 radical (unpaired) electrons. The molecule has 3 aromatic rings. The van der Waals surface area contributed by atoms with E-state index >= 15 is 0 Å². The zero-order chi connectivity index (χ0) is 19.8. The monoisotopic (exact) mass is 375 g/mol. The van der Waals surface area contributed by atoms with Crippen LogP contribution in [-0.2, 0) is 13.2 Å². The van der Waals surface area contributed by atoms with Crippen LogP contribution in [0.2, 0.25) is 0 Å². The van der Waals surface area contributed by atoms with Gasteiger partial charge in [0.25, 0.3) is 11.5 Å². The molecule has 0 saturated carbocycles. The van der Waals surface area contributed by atoms with Crippen LogP contribution in [0.15, 0.2) is 59.4 Å². The Labute approximate surface area is 152 Å². The summed E-state index contributed by atoms with van der Waals surface area (Å²) >= 11 is 0. The highest BCUT2D eigenvalue weighted by Gasteiger charge is 2.30. The number of amides is 1. The van der Waals surface area contributed by atoms with Gasteiger partial charge in [-0.3, -0.25) is 14.3 Å². The molecule has 1 amide bonds. The second kappa shape index (κ2) is 6.79. The first-order valence-electron chi connectivity index (χ1n) is 8.03. The van der Waals surface area contributed by atoms with Crippen LogP contribution in [0.1, 0.15) is 21.6 Å². The molecule has 27 heavy (non-hydrogen) atoms. The summed E-state index contributed by atoms with van der Waals surface area (Å²) in [5.41, 5.74) is -0.0294. The number of nitrogens with zero attached hydrogens (tertiary/aromatic N) is 2. The minimum Gasteiger partial charge on any atom is -0.316 e. The molecule has 0 saturated heterocycles. The van der Waals surface area contributed by atoms with Crippen LogP contribution in [0.25, 0.3) is 5.69 Å². The van der Waals surface area contributed by atoms with Crippen molar-refractivity contribution in [2.24, 2.45) is 7.05 Å². The maximum Gasteiger partial charge on any atom is 0.416 e. The van der Waals surface area contributed by atoms with Crippen molar-refractivity contribution < 1.29 is 18.0 Å². The fraction of sp³-hybridized carbons (Fsp3) is 0.158. The Morgan fingerprint density at radius 3 is 2.15 bits per heavy atom. The molecule has 0 bridgehead atoms. The molecule has 1 aromatic heterocycles. The van der Waals surface area contributed by atoms with E-state index in [2.05, 4.69) is 5.32 Å². The van der Waals surface area contributed by atoms with Crippen molar-refractivity contribution in [2.75, 3.05) is 5.32 Å². The van der Waals surface area contributed by atoms with Crippen LogP contribution in [0.5, 0.6) is 0 Å². The Balaban J connectivity index is 1.92. The zero-order valence-electron chi connectivity index (χ0n) is 14.5. The van der Waals surface area contributed by atoms with Crippen molar-refractivity contribution in [3.63, 3.8) is 0 Å². The summed E-state index contributed by atoms with van der Waals surface area (Å²) < 4.78 is 40.9. The lowest BCUT2D eigenvalue weighted by atomic mass is 10.1. The predicted octanol–water partition coefficient (Wildman–Crippen LogP) is 3.76. The SMILES string of the molecule is Cc1c(NC(=O)c2ccc(C(F)(F)F)cc2)c(=O)n(-c2ccccc2)n1C. The number of nitrogens with one attached hydrogen (secondary N) is 1. The van der Waals surface area contributed by atoms with Gasteiger partial charge >= 0.3 is 6.18 Å². The predicted molar refractivity (Wildman–Crippen MR) is 95.1 cm³/mol. The number of aromatic nitrogens is 2. The largest absolute Gasteiger partial charge is 0.416 e. The lowest BCUT2D eigenvalue weighted by Crippen LogP contribution is -2.23. The van der Waals surface area contributed by atoms with E-state index in [1.165, 1.54) is 4.68 Å².